The van der Waals surface area contributed by atoms with Crippen molar-refractivity contribution in [1.29, 1.82) is 0 Å². The number of halogens is 1. The summed E-state index contributed by atoms with van der Waals surface area (Å²) in [5.41, 5.74) is 2.23. The molecule has 1 unspecified atom stereocenters. The maximum Gasteiger partial charge on any atom is 0.305 e. The molecule has 0 fully saturated rings. The van der Waals surface area contributed by atoms with Gasteiger partial charge in [0.2, 0.25) is 0 Å². The van der Waals surface area contributed by atoms with Gasteiger partial charge in [-0.1, -0.05) is 30.3 Å². The highest BCUT2D eigenvalue weighted by Gasteiger charge is 2.17. The number of hydrogen-bond donors (Lipinski definition) is 1. The highest BCUT2D eigenvalue weighted by Crippen LogP contribution is 2.27. The fraction of sp³-hybridized carbons (Fsp3) is 0.235. The van der Waals surface area contributed by atoms with Gasteiger partial charge in [0.15, 0.2) is 0 Å². The number of nitrogens with zero attached hydrogens (tertiary/aromatic N) is 1. The summed E-state index contributed by atoms with van der Waals surface area (Å²) in [5.74, 6) is -0.772. The average Bonchev–Trinajstić information content (AvgIpc) is 2.49. The van der Waals surface area contributed by atoms with Gasteiger partial charge in [0.05, 0.1) is 12.5 Å². The van der Waals surface area contributed by atoms with Crippen LogP contribution in [0.2, 0.25) is 0 Å². The summed E-state index contributed by atoms with van der Waals surface area (Å²) in [4.78, 5) is 13.0. The molecule has 110 valence electrons. The van der Waals surface area contributed by atoms with Gasteiger partial charge in [-0.15, -0.1) is 0 Å². The molecule has 1 atom stereocenters. The van der Waals surface area contributed by atoms with Gasteiger partial charge in [-0.2, -0.15) is 0 Å². The molecule has 0 saturated carbocycles. The summed E-state index contributed by atoms with van der Waals surface area (Å²) >= 11 is 2.28. The van der Waals surface area contributed by atoms with Gasteiger partial charge in [-0.3, -0.25) is 4.79 Å². The zero-order valence-corrected chi connectivity index (χ0v) is 14.0. The average molecular weight is 395 g/mol. The van der Waals surface area contributed by atoms with E-state index < -0.39 is 5.97 Å². The summed E-state index contributed by atoms with van der Waals surface area (Å²) in [7, 11) is 0. The van der Waals surface area contributed by atoms with Gasteiger partial charge in [0, 0.05) is 15.8 Å². The smallest absolute Gasteiger partial charge is 0.305 e. The molecule has 4 heteroatoms. The van der Waals surface area contributed by atoms with Crippen LogP contribution in [0, 0.1) is 3.57 Å². The van der Waals surface area contributed by atoms with E-state index in [1.165, 1.54) is 9.13 Å². The molecule has 0 heterocycles. The lowest BCUT2D eigenvalue weighted by Crippen LogP contribution is -2.29. The van der Waals surface area contributed by atoms with E-state index in [1.54, 1.807) is 0 Å². The Morgan fingerprint density at radius 3 is 2.33 bits per heavy atom. The van der Waals surface area contributed by atoms with E-state index in [0.717, 1.165) is 5.69 Å². The molecule has 0 spiro atoms. The van der Waals surface area contributed by atoms with Crippen LogP contribution in [-0.2, 0) is 4.79 Å². The number of carboxylic acids is 1. The fourth-order valence-electron chi connectivity index (χ4n) is 2.30. The maximum atomic E-state index is 10.9. The molecule has 0 amide bonds. The zero-order chi connectivity index (χ0) is 15.2. The predicted octanol–water partition coefficient (Wildman–Crippen LogP) is 4.33. The van der Waals surface area contributed by atoms with Crippen LogP contribution in [0.4, 0.5) is 5.69 Å². The number of aliphatic carboxylic acids is 1. The van der Waals surface area contributed by atoms with Crippen molar-refractivity contribution in [2.45, 2.75) is 19.4 Å². The fourth-order valence-corrected chi connectivity index (χ4v) is 2.66. The molecule has 0 aliphatic heterocycles. The van der Waals surface area contributed by atoms with E-state index in [2.05, 4.69) is 58.7 Å². The first-order chi connectivity index (χ1) is 10.1. The van der Waals surface area contributed by atoms with Crippen LogP contribution in [0.3, 0.4) is 0 Å². The molecule has 21 heavy (non-hydrogen) atoms. The van der Waals surface area contributed by atoms with E-state index in [1.807, 2.05) is 30.3 Å². The molecule has 0 aliphatic rings. The molecule has 2 aromatic carbocycles. The number of carbonyl (C=O) groups is 1. The lowest BCUT2D eigenvalue weighted by atomic mass is 10.1. The number of anilines is 1. The van der Waals surface area contributed by atoms with Gasteiger partial charge in [-0.25, -0.2) is 0 Å². The third kappa shape index (κ3) is 4.46. The van der Waals surface area contributed by atoms with Gasteiger partial charge < -0.3 is 10.0 Å². The van der Waals surface area contributed by atoms with E-state index >= 15 is 0 Å². The van der Waals surface area contributed by atoms with E-state index in [4.69, 9.17) is 5.11 Å². The van der Waals surface area contributed by atoms with Gasteiger partial charge in [0.25, 0.3) is 0 Å². The van der Waals surface area contributed by atoms with Crippen molar-refractivity contribution in [3.63, 3.8) is 0 Å². The van der Waals surface area contributed by atoms with Crippen molar-refractivity contribution < 1.29 is 9.90 Å². The minimum Gasteiger partial charge on any atom is -0.481 e. The SMILES string of the molecule is CC(c1ccc(I)cc1)N(CCC(=O)O)c1ccccc1. The number of benzene rings is 2. The monoisotopic (exact) mass is 395 g/mol. The van der Waals surface area contributed by atoms with Gasteiger partial charge in [0.1, 0.15) is 0 Å². The van der Waals surface area contributed by atoms with Crippen LogP contribution in [0.1, 0.15) is 24.9 Å². The van der Waals surface area contributed by atoms with E-state index in [0.29, 0.717) is 6.54 Å². The van der Waals surface area contributed by atoms with Crippen LogP contribution in [-0.4, -0.2) is 17.6 Å². The zero-order valence-electron chi connectivity index (χ0n) is 11.9. The summed E-state index contributed by atoms with van der Waals surface area (Å²) in [6, 6.07) is 18.4. The molecule has 2 rings (SSSR count). The highest BCUT2D eigenvalue weighted by atomic mass is 127. The first kappa shape index (κ1) is 15.8. The summed E-state index contributed by atoms with van der Waals surface area (Å²) in [6.45, 7) is 2.60. The van der Waals surface area contributed by atoms with Crippen LogP contribution < -0.4 is 4.90 Å². The topological polar surface area (TPSA) is 40.5 Å². The van der Waals surface area contributed by atoms with Crippen molar-refractivity contribution in [1.82, 2.24) is 0 Å². The Morgan fingerprint density at radius 1 is 1.14 bits per heavy atom. The Kier molecular flexibility index (Phi) is 5.61. The Balaban J connectivity index is 2.25. The summed E-state index contributed by atoms with van der Waals surface area (Å²) < 4.78 is 1.19. The molecule has 3 nitrogen and oxygen atoms in total. The highest BCUT2D eigenvalue weighted by molar-refractivity contribution is 14.1. The quantitative estimate of drug-likeness (QED) is 0.741. The Bertz CT molecular complexity index is 583. The van der Waals surface area contributed by atoms with Crippen LogP contribution in [0.5, 0.6) is 0 Å². The van der Waals surface area contributed by atoms with Crippen molar-refractivity contribution in [3.8, 4) is 0 Å². The van der Waals surface area contributed by atoms with E-state index in [9.17, 15) is 4.79 Å². The van der Waals surface area contributed by atoms with Gasteiger partial charge >= 0.3 is 5.97 Å². The minimum atomic E-state index is -0.772. The van der Waals surface area contributed by atoms with Crippen LogP contribution >= 0.6 is 22.6 Å². The molecular weight excluding hydrogens is 377 g/mol. The largest absolute Gasteiger partial charge is 0.481 e. The maximum absolute atomic E-state index is 10.9. The molecule has 0 aliphatic carbocycles. The standard InChI is InChI=1S/C17H18INO2/c1-13(14-7-9-15(18)10-8-14)19(12-11-17(20)21)16-5-3-2-4-6-16/h2-10,13H,11-12H2,1H3,(H,20,21). The second-order valence-corrected chi connectivity index (χ2v) is 6.15. The first-order valence-corrected chi connectivity index (χ1v) is 7.95. The predicted molar refractivity (Wildman–Crippen MR) is 93.6 cm³/mol. The van der Waals surface area contributed by atoms with Crippen molar-refractivity contribution in [3.05, 3.63) is 63.7 Å². The summed E-state index contributed by atoms with van der Waals surface area (Å²) in [5, 5.41) is 8.97. The molecular formula is C17H18INO2. The Morgan fingerprint density at radius 2 is 1.76 bits per heavy atom. The van der Waals surface area contributed by atoms with Crippen molar-refractivity contribution in [2.75, 3.05) is 11.4 Å². The van der Waals surface area contributed by atoms with Crippen molar-refractivity contribution >= 4 is 34.2 Å². The van der Waals surface area contributed by atoms with Crippen LogP contribution in [0.25, 0.3) is 0 Å². The minimum absolute atomic E-state index is 0.128. The molecule has 0 bridgehead atoms. The Labute approximate surface area is 138 Å². The normalized spacial score (nSPS) is 11.9. The summed E-state index contributed by atoms with van der Waals surface area (Å²) in [6.07, 6.45) is 0.129. The lowest BCUT2D eigenvalue weighted by molar-refractivity contribution is -0.136. The molecule has 1 N–H and O–H groups in total. The van der Waals surface area contributed by atoms with Crippen molar-refractivity contribution in [2.24, 2.45) is 0 Å². The van der Waals surface area contributed by atoms with Crippen LogP contribution in [0.15, 0.2) is 54.6 Å². The second kappa shape index (κ2) is 7.45. The first-order valence-electron chi connectivity index (χ1n) is 6.87. The third-order valence-corrected chi connectivity index (χ3v) is 4.19. The Hall–Kier alpha value is -1.56. The number of carboxylic acid groups (broad SMARTS) is 1. The number of rotatable bonds is 6. The van der Waals surface area contributed by atoms with E-state index in [-0.39, 0.29) is 12.5 Å². The second-order valence-electron chi connectivity index (χ2n) is 4.90. The third-order valence-electron chi connectivity index (χ3n) is 3.47. The van der Waals surface area contributed by atoms with Gasteiger partial charge in [-0.05, 0) is 59.3 Å². The lowest BCUT2D eigenvalue weighted by Gasteiger charge is -2.31. The molecule has 2 aromatic rings. The molecule has 0 saturated heterocycles. The number of hydrogen-bond acceptors (Lipinski definition) is 2. The molecule has 0 aromatic heterocycles. The number of para-hydroxylation sites is 1. The molecule has 0 radical (unpaired) electrons.